The highest BCUT2D eigenvalue weighted by molar-refractivity contribution is 5.83. The van der Waals surface area contributed by atoms with E-state index in [9.17, 15) is 14.4 Å². The zero-order valence-corrected chi connectivity index (χ0v) is 19.0. The van der Waals surface area contributed by atoms with Crippen molar-refractivity contribution in [1.29, 1.82) is 0 Å². The Kier molecular flexibility index (Phi) is 6.35. The van der Waals surface area contributed by atoms with Crippen LogP contribution in [0, 0.1) is 11.8 Å². The van der Waals surface area contributed by atoms with E-state index < -0.39 is 0 Å². The number of hydrogen-bond acceptors (Lipinski definition) is 4. The third-order valence-corrected chi connectivity index (χ3v) is 8.19. The van der Waals surface area contributed by atoms with Crippen molar-refractivity contribution < 1.29 is 9.59 Å². The lowest BCUT2D eigenvalue weighted by Crippen LogP contribution is -2.51. The minimum absolute atomic E-state index is 0.000356. The SMILES string of the molecule is O=C(CCC(=O)N1C[C@H]2C[C@H](C1)c1cccc(=O)n1C2)NC[C@@H]1CCCN2CCCC[C@H]12. The molecule has 4 atom stereocenters. The van der Waals surface area contributed by atoms with E-state index in [2.05, 4.69) is 10.2 Å². The molecule has 7 heteroatoms. The van der Waals surface area contributed by atoms with Gasteiger partial charge in [0.2, 0.25) is 11.8 Å². The van der Waals surface area contributed by atoms with Crippen LogP contribution in [0.25, 0.3) is 0 Å². The smallest absolute Gasteiger partial charge is 0.250 e. The van der Waals surface area contributed by atoms with Gasteiger partial charge in [-0.2, -0.15) is 0 Å². The number of nitrogens with zero attached hydrogens (tertiary/aromatic N) is 3. The number of carbonyl (C=O) groups is 2. The lowest BCUT2D eigenvalue weighted by Gasteiger charge is -2.44. The molecular formula is C25H36N4O3. The molecule has 1 N–H and O–H groups in total. The number of aromatic nitrogens is 1. The molecule has 7 nitrogen and oxygen atoms in total. The average molecular weight is 441 g/mol. The molecule has 4 aliphatic rings. The predicted octanol–water partition coefficient (Wildman–Crippen LogP) is 1.95. The number of carbonyl (C=O) groups excluding carboxylic acids is 2. The van der Waals surface area contributed by atoms with Crippen molar-refractivity contribution in [3.63, 3.8) is 0 Å². The number of pyridine rings is 1. The Balaban J connectivity index is 1.10. The van der Waals surface area contributed by atoms with E-state index in [1.807, 2.05) is 21.6 Å². The van der Waals surface area contributed by atoms with Crippen molar-refractivity contribution in [2.45, 2.75) is 69.9 Å². The van der Waals surface area contributed by atoms with Crippen molar-refractivity contribution in [2.24, 2.45) is 11.8 Å². The van der Waals surface area contributed by atoms with E-state index in [-0.39, 0.29) is 36.1 Å². The predicted molar refractivity (Wildman–Crippen MR) is 122 cm³/mol. The highest BCUT2D eigenvalue weighted by Crippen LogP contribution is 2.35. The molecule has 0 radical (unpaired) electrons. The topological polar surface area (TPSA) is 74.6 Å². The van der Waals surface area contributed by atoms with E-state index >= 15 is 0 Å². The van der Waals surface area contributed by atoms with Crippen LogP contribution in [0.15, 0.2) is 23.0 Å². The molecule has 0 spiro atoms. The van der Waals surface area contributed by atoms with Gasteiger partial charge in [0.25, 0.3) is 5.56 Å². The lowest BCUT2D eigenvalue weighted by molar-refractivity contribution is -0.136. The van der Waals surface area contributed by atoms with Crippen molar-refractivity contribution >= 4 is 11.8 Å². The van der Waals surface area contributed by atoms with E-state index in [1.54, 1.807) is 6.07 Å². The minimum atomic E-state index is 0.000356. The van der Waals surface area contributed by atoms with Crippen LogP contribution in [0.1, 0.15) is 63.0 Å². The fourth-order valence-electron chi connectivity index (χ4n) is 6.63. The molecule has 5 heterocycles. The van der Waals surface area contributed by atoms with Crippen LogP contribution in [0.2, 0.25) is 0 Å². The van der Waals surface area contributed by atoms with Gasteiger partial charge < -0.3 is 19.7 Å². The minimum Gasteiger partial charge on any atom is -0.356 e. The van der Waals surface area contributed by atoms with Gasteiger partial charge in [0.05, 0.1) is 0 Å². The van der Waals surface area contributed by atoms with E-state index in [4.69, 9.17) is 0 Å². The fourth-order valence-corrected chi connectivity index (χ4v) is 6.63. The average Bonchev–Trinajstić information content (AvgIpc) is 2.81. The van der Waals surface area contributed by atoms with Gasteiger partial charge in [0.15, 0.2) is 0 Å². The molecule has 3 fully saturated rings. The summed E-state index contributed by atoms with van der Waals surface area (Å²) in [5, 5.41) is 3.13. The maximum absolute atomic E-state index is 12.9. The van der Waals surface area contributed by atoms with Gasteiger partial charge >= 0.3 is 0 Å². The number of nitrogens with one attached hydrogen (secondary N) is 1. The van der Waals surface area contributed by atoms with Crippen molar-refractivity contribution in [1.82, 2.24) is 19.7 Å². The molecule has 2 bridgehead atoms. The standard InChI is InChI=1S/C25H36N4O3/c30-23(26-14-19-5-4-12-27-11-2-1-6-21(19)27)9-10-24(31)28-15-18-13-20(17-28)22-7-3-8-25(32)29(22)16-18/h3,7-8,18-21H,1-2,4-6,9-17H2,(H,26,30)/t18-,19+,20-,21-/m1/s1. The van der Waals surface area contributed by atoms with Crippen LogP contribution in [0.3, 0.4) is 0 Å². The van der Waals surface area contributed by atoms with Gasteiger partial charge in [0, 0.05) is 62.7 Å². The second kappa shape index (κ2) is 9.38. The molecule has 1 aromatic heterocycles. The maximum Gasteiger partial charge on any atom is 0.250 e. The second-order valence-corrected chi connectivity index (χ2v) is 10.3. The Labute approximate surface area is 190 Å². The summed E-state index contributed by atoms with van der Waals surface area (Å²) in [5.74, 6) is 1.16. The van der Waals surface area contributed by atoms with Gasteiger partial charge in [-0.15, -0.1) is 0 Å². The molecule has 0 unspecified atom stereocenters. The third-order valence-electron chi connectivity index (χ3n) is 8.19. The molecule has 32 heavy (non-hydrogen) atoms. The van der Waals surface area contributed by atoms with Gasteiger partial charge in [0.1, 0.15) is 0 Å². The molecular weight excluding hydrogens is 404 g/mol. The highest BCUT2D eigenvalue weighted by Gasteiger charge is 2.36. The van der Waals surface area contributed by atoms with Gasteiger partial charge in [-0.3, -0.25) is 14.4 Å². The van der Waals surface area contributed by atoms with E-state index in [0.29, 0.717) is 37.5 Å². The molecule has 0 saturated carbocycles. The summed E-state index contributed by atoms with van der Waals surface area (Å²) in [4.78, 5) is 42.1. The number of hydrogen-bond donors (Lipinski definition) is 1. The van der Waals surface area contributed by atoms with Gasteiger partial charge in [-0.25, -0.2) is 0 Å². The first-order valence-electron chi connectivity index (χ1n) is 12.6. The molecule has 174 valence electrons. The first-order valence-corrected chi connectivity index (χ1v) is 12.6. The van der Waals surface area contributed by atoms with E-state index in [1.165, 1.54) is 45.2 Å². The van der Waals surface area contributed by atoms with Crippen LogP contribution in [-0.2, 0) is 16.1 Å². The zero-order chi connectivity index (χ0) is 22.1. The van der Waals surface area contributed by atoms with Crippen molar-refractivity contribution in [3.8, 4) is 0 Å². The Bertz CT molecular complexity index is 911. The summed E-state index contributed by atoms with van der Waals surface area (Å²) in [6, 6.07) is 6.08. The molecule has 5 rings (SSSR count). The number of piperidine rings is 3. The van der Waals surface area contributed by atoms with E-state index in [0.717, 1.165) is 18.7 Å². The Hall–Kier alpha value is -2.15. The zero-order valence-electron chi connectivity index (χ0n) is 19.0. The van der Waals surface area contributed by atoms with Gasteiger partial charge in [-0.1, -0.05) is 12.5 Å². The van der Waals surface area contributed by atoms with Crippen LogP contribution in [-0.4, -0.2) is 64.9 Å². The van der Waals surface area contributed by atoms with Crippen LogP contribution < -0.4 is 10.9 Å². The molecule has 0 aromatic carbocycles. The van der Waals surface area contributed by atoms with Crippen LogP contribution >= 0.6 is 0 Å². The summed E-state index contributed by atoms with van der Waals surface area (Å²) in [7, 11) is 0. The van der Waals surface area contributed by atoms with Crippen LogP contribution in [0.5, 0.6) is 0 Å². The Morgan fingerprint density at radius 2 is 1.88 bits per heavy atom. The van der Waals surface area contributed by atoms with Gasteiger partial charge in [-0.05, 0) is 63.1 Å². The summed E-state index contributed by atoms with van der Waals surface area (Å²) >= 11 is 0. The van der Waals surface area contributed by atoms with Crippen molar-refractivity contribution in [2.75, 3.05) is 32.7 Å². The quantitative estimate of drug-likeness (QED) is 0.760. The third kappa shape index (κ3) is 4.49. The number of amides is 2. The molecule has 4 aliphatic heterocycles. The highest BCUT2D eigenvalue weighted by atomic mass is 16.2. The molecule has 3 saturated heterocycles. The Morgan fingerprint density at radius 1 is 1.00 bits per heavy atom. The van der Waals surface area contributed by atoms with Crippen LogP contribution in [0.4, 0.5) is 0 Å². The number of rotatable bonds is 5. The van der Waals surface area contributed by atoms with Crippen molar-refractivity contribution in [3.05, 3.63) is 34.2 Å². The maximum atomic E-state index is 12.9. The molecule has 0 aliphatic carbocycles. The second-order valence-electron chi connectivity index (χ2n) is 10.3. The summed E-state index contributed by atoms with van der Waals surface area (Å²) in [5.41, 5.74) is 1.11. The Morgan fingerprint density at radius 3 is 2.78 bits per heavy atom. The molecule has 2 amide bonds. The number of fused-ring (bicyclic) bond motifs is 5. The fraction of sp³-hybridized carbons (Fsp3) is 0.720. The largest absolute Gasteiger partial charge is 0.356 e. The normalized spacial score (nSPS) is 29.7. The summed E-state index contributed by atoms with van der Waals surface area (Å²) in [6.45, 7) is 5.20. The molecule has 1 aromatic rings. The first kappa shape index (κ1) is 21.7. The summed E-state index contributed by atoms with van der Waals surface area (Å²) in [6.07, 6.45) is 7.85. The monoisotopic (exact) mass is 440 g/mol. The number of likely N-dealkylation sites (tertiary alicyclic amines) is 1. The lowest BCUT2D eigenvalue weighted by atomic mass is 9.83. The summed E-state index contributed by atoms with van der Waals surface area (Å²) < 4.78 is 1.88. The first-order chi connectivity index (χ1) is 15.6.